The Hall–Kier alpha value is -2.24. The largest absolute Gasteiger partial charge is 0.497 e. The molecule has 2 fully saturated rings. The fraction of sp³-hybridized carbons (Fsp3) is 0.556. The van der Waals surface area contributed by atoms with Crippen molar-refractivity contribution in [3.05, 3.63) is 24.3 Å². The van der Waals surface area contributed by atoms with E-state index in [1.165, 1.54) is 0 Å². The predicted octanol–water partition coefficient (Wildman–Crippen LogP) is 1.35. The normalized spacial score (nSPS) is 21.1. The average molecular weight is 331 g/mol. The molecule has 0 aliphatic carbocycles. The van der Waals surface area contributed by atoms with Gasteiger partial charge in [-0.05, 0) is 25.0 Å². The molecule has 1 aromatic rings. The van der Waals surface area contributed by atoms with E-state index >= 15 is 0 Å². The highest BCUT2D eigenvalue weighted by atomic mass is 16.5. The molecule has 24 heavy (non-hydrogen) atoms. The molecule has 2 saturated heterocycles. The summed E-state index contributed by atoms with van der Waals surface area (Å²) in [4.78, 5) is 30.3. The third-order valence-corrected chi connectivity index (χ3v) is 4.95. The molecule has 1 aromatic carbocycles. The molecular formula is C18H25N3O3. The summed E-state index contributed by atoms with van der Waals surface area (Å²) in [5, 5.41) is 0. The van der Waals surface area contributed by atoms with Gasteiger partial charge in [0.2, 0.25) is 11.8 Å². The maximum atomic E-state index is 12.8. The highest BCUT2D eigenvalue weighted by Gasteiger charge is 2.36. The summed E-state index contributed by atoms with van der Waals surface area (Å²) in [5.41, 5.74) is 1.12. The molecule has 0 bridgehead atoms. The van der Waals surface area contributed by atoms with Crippen molar-refractivity contribution >= 4 is 17.5 Å². The van der Waals surface area contributed by atoms with Gasteiger partial charge in [0.25, 0.3) is 0 Å². The van der Waals surface area contributed by atoms with Crippen molar-refractivity contribution in [2.75, 3.05) is 44.7 Å². The Morgan fingerprint density at radius 1 is 1.12 bits per heavy atom. The maximum absolute atomic E-state index is 12.8. The molecule has 0 aromatic heterocycles. The minimum Gasteiger partial charge on any atom is -0.497 e. The van der Waals surface area contributed by atoms with Crippen LogP contribution in [0.4, 0.5) is 5.69 Å². The van der Waals surface area contributed by atoms with Crippen molar-refractivity contribution in [2.45, 2.75) is 25.8 Å². The lowest BCUT2D eigenvalue weighted by molar-refractivity contribution is -0.143. The van der Waals surface area contributed by atoms with Gasteiger partial charge in [0.1, 0.15) is 11.8 Å². The average Bonchev–Trinajstić information content (AvgIpc) is 3.11. The number of amides is 2. The van der Waals surface area contributed by atoms with Gasteiger partial charge in [0.05, 0.1) is 7.11 Å². The molecule has 6 heteroatoms. The van der Waals surface area contributed by atoms with Gasteiger partial charge in [-0.3, -0.25) is 9.59 Å². The molecule has 2 heterocycles. The van der Waals surface area contributed by atoms with Crippen LogP contribution in [0, 0.1) is 0 Å². The van der Waals surface area contributed by atoms with E-state index in [0.29, 0.717) is 19.6 Å². The number of anilines is 1. The zero-order valence-corrected chi connectivity index (χ0v) is 14.4. The lowest BCUT2D eigenvalue weighted by atomic mass is 10.1. The molecule has 3 rings (SSSR count). The smallest absolute Gasteiger partial charge is 0.245 e. The minimum absolute atomic E-state index is 0.000802. The molecule has 130 valence electrons. The van der Waals surface area contributed by atoms with Crippen molar-refractivity contribution in [2.24, 2.45) is 0 Å². The van der Waals surface area contributed by atoms with Gasteiger partial charge in [-0.2, -0.15) is 0 Å². The van der Waals surface area contributed by atoms with Crippen molar-refractivity contribution in [1.29, 1.82) is 0 Å². The monoisotopic (exact) mass is 331 g/mol. The summed E-state index contributed by atoms with van der Waals surface area (Å²) < 4.78 is 5.28. The topological polar surface area (TPSA) is 53.1 Å². The van der Waals surface area contributed by atoms with Crippen molar-refractivity contribution < 1.29 is 14.3 Å². The second-order valence-corrected chi connectivity index (χ2v) is 6.38. The van der Waals surface area contributed by atoms with Crippen molar-refractivity contribution in [1.82, 2.24) is 9.80 Å². The number of rotatable bonds is 3. The van der Waals surface area contributed by atoms with E-state index in [-0.39, 0.29) is 17.9 Å². The Morgan fingerprint density at radius 3 is 2.54 bits per heavy atom. The van der Waals surface area contributed by atoms with Gasteiger partial charge in [0, 0.05) is 51.4 Å². The second-order valence-electron chi connectivity index (χ2n) is 6.38. The van der Waals surface area contributed by atoms with E-state index in [1.54, 1.807) is 18.9 Å². The summed E-state index contributed by atoms with van der Waals surface area (Å²) in [7, 11) is 1.66. The fourth-order valence-corrected chi connectivity index (χ4v) is 3.60. The number of hydrogen-bond donors (Lipinski definition) is 0. The molecule has 2 amide bonds. The van der Waals surface area contributed by atoms with E-state index in [9.17, 15) is 9.59 Å². The summed E-state index contributed by atoms with van der Waals surface area (Å²) in [5.74, 6) is 0.947. The molecule has 6 nitrogen and oxygen atoms in total. The SMILES string of the molecule is COc1cccc(N2CCN(C(=O)C3CCCN3C(C)=O)CC2)c1. The van der Waals surface area contributed by atoms with Gasteiger partial charge in [-0.1, -0.05) is 6.07 Å². The number of carbonyl (C=O) groups is 2. The van der Waals surface area contributed by atoms with Gasteiger partial charge in [-0.15, -0.1) is 0 Å². The number of likely N-dealkylation sites (tertiary alicyclic amines) is 1. The Balaban J connectivity index is 1.60. The quantitative estimate of drug-likeness (QED) is 0.839. The number of nitrogens with zero attached hydrogens (tertiary/aromatic N) is 3. The van der Waals surface area contributed by atoms with E-state index in [4.69, 9.17) is 4.74 Å². The lowest BCUT2D eigenvalue weighted by Gasteiger charge is -2.38. The van der Waals surface area contributed by atoms with Gasteiger partial charge in [-0.25, -0.2) is 0 Å². The van der Waals surface area contributed by atoms with E-state index < -0.39 is 0 Å². The first-order valence-electron chi connectivity index (χ1n) is 8.55. The van der Waals surface area contributed by atoms with Crippen LogP contribution in [-0.2, 0) is 9.59 Å². The zero-order valence-electron chi connectivity index (χ0n) is 14.4. The van der Waals surface area contributed by atoms with Crippen molar-refractivity contribution in [3.63, 3.8) is 0 Å². The van der Waals surface area contributed by atoms with Gasteiger partial charge >= 0.3 is 0 Å². The van der Waals surface area contributed by atoms with Crippen molar-refractivity contribution in [3.8, 4) is 5.75 Å². The van der Waals surface area contributed by atoms with E-state index in [2.05, 4.69) is 11.0 Å². The molecule has 0 saturated carbocycles. The van der Waals surface area contributed by atoms with Crippen LogP contribution >= 0.6 is 0 Å². The maximum Gasteiger partial charge on any atom is 0.245 e. The van der Waals surface area contributed by atoms with Crippen LogP contribution in [0.2, 0.25) is 0 Å². The highest BCUT2D eigenvalue weighted by Crippen LogP contribution is 2.24. The minimum atomic E-state index is -0.258. The van der Waals surface area contributed by atoms with Gasteiger partial charge in [0.15, 0.2) is 0 Å². The number of methoxy groups -OCH3 is 1. The molecule has 0 N–H and O–H groups in total. The van der Waals surface area contributed by atoms with Gasteiger partial charge < -0.3 is 19.4 Å². The Labute approximate surface area is 143 Å². The Bertz CT molecular complexity index is 611. The first-order chi connectivity index (χ1) is 11.6. The van der Waals surface area contributed by atoms with E-state index in [0.717, 1.165) is 37.4 Å². The second kappa shape index (κ2) is 7.11. The molecule has 2 aliphatic rings. The number of hydrogen-bond acceptors (Lipinski definition) is 4. The number of benzene rings is 1. The van der Waals surface area contributed by atoms with Crippen LogP contribution in [0.3, 0.4) is 0 Å². The molecule has 0 spiro atoms. The molecule has 1 unspecified atom stereocenters. The first kappa shape index (κ1) is 16.6. The third kappa shape index (κ3) is 3.32. The molecular weight excluding hydrogens is 306 g/mol. The summed E-state index contributed by atoms with van der Waals surface area (Å²) >= 11 is 0. The van der Waals surface area contributed by atoms with Crippen LogP contribution in [0.5, 0.6) is 5.75 Å². The highest BCUT2D eigenvalue weighted by molar-refractivity contribution is 5.87. The Morgan fingerprint density at radius 2 is 1.88 bits per heavy atom. The summed E-state index contributed by atoms with van der Waals surface area (Å²) in [6.45, 7) is 5.23. The Kier molecular flexibility index (Phi) is 4.92. The number of ether oxygens (including phenoxy) is 1. The van der Waals surface area contributed by atoms with E-state index in [1.807, 2.05) is 23.1 Å². The molecule has 1 atom stereocenters. The van der Waals surface area contributed by atoms with Crippen LogP contribution in [-0.4, -0.2) is 67.5 Å². The number of carbonyl (C=O) groups excluding carboxylic acids is 2. The summed E-state index contributed by atoms with van der Waals surface area (Å²) in [6.07, 6.45) is 1.70. The molecule has 0 radical (unpaired) electrons. The van der Waals surface area contributed by atoms with Crippen LogP contribution in [0.1, 0.15) is 19.8 Å². The first-order valence-corrected chi connectivity index (χ1v) is 8.55. The fourth-order valence-electron chi connectivity index (χ4n) is 3.60. The standard InChI is InChI=1S/C18H25N3O3/c1-14(22)21-8-4-7-17(21)18(23)20-11-9-19(10-12-20)15-5-3-6-16(13-15)24-2/h3,5-6,13,17H,4,7-12H2,1-2H3. The van der Waals surface area contributed by atoms with Crippen LogP contribution in [0.15, 0.2) is 24.3 Å². The molecule has 2 aliphatic heterocycles. The lowest BCUT2D eigenvalue weighted by Crippen LogP contribution is -2.54. The third-order valence-electron chi connectivity index (χ3n) is 4.95. The van der Waals surface area contributed by atoms with Crippen LogP contribution in [0.25, 0.3) is 0 Å². The summed E-state index contributed by atoms with van der Waals surface area (Å²) in [6, 6.07) is 7.74. The number of piperazine rings is 1. The zero-order chi connectivity index (χ0) is 17.1. The predicted molar refractivity (Wildman–Crippen MR) is 92.2 cm³/mol. The van der Waals surface area contributed by atoms with Crippen LogP contribution < -0.4 is 9.64 Å².